The number of alkyl halides is 3. The molecule has 0 bridgehead atoms. The quantitative estimate of drug-likeness (QED) is 0.831. The van der Waals surface area contributed by atoms with Crippen molar-refractivity contribution in [1.82, 2.24) is 4.90 Å². The predicted octanol–water partition coefficient (Wildman–Crippen LogP) is 2.45. The van der Waals surface area contributed by atoms with Crippen molar-refractivity contribution in [2.45, 2.75) is 19.2 Å². The van der Waals surface area contributed by atoms with Gasteiger partial charge in [0, 0.05) is 19.2 Å². The molecule has 0 saturated carbocycles. The van der Waals surface area contributed by atoms with Crippen molar-refractivity contribution in [3.05, 3.63) is 29.8 Å². The van der Waals surface area contributed by atoms with E-state index in [0.29, 0.717) is 6.07 Å². The largest absolute Gasteiger partial charge is 0.481 e. The van der Waals surface area contributed by atoms with Crippen molar-refractivity contribution in [2.75, 3.05) is 13.1 Å². The molecule has 0 radical (unpaired) electrons. The van der Waals surface area contributed by atoms with Crippen molar-refractivity contribution in [2.24, 2.45) is 11.8 Å². The van der Waals surface area contributed by atoms with E-state index in [4.69, 9.17) is 9.84 Å². The van der Waals surface area contributed by atoms with Gasteiger partial charge in [0.1, 0.15) is 5.75 Å². The Morgan fingerprint density at radius 2 is 1.88 bits per heavy atom. The minimum atomic E-state index is -4.76. The maximum Gasteiger partial charge on any atom is 0.394 e. The number of hydrogen-bond donors (Lipinski definition) is 1. The van der Waals surface area contributed by atoms with Crippen LogP contribution in [0, 0.1) is 23.5 Å². The van der Waals surface area contributed by atoms with Gasteiger partial charge in [-0.3, -0.25) is 9.59 Å². The number of hydrogen-bond acceptors (Lipinski definition) is 3. The minimum absolute atomic E-state index is 0.180. The lowest BCUT2D eigenvalue weighted by Crippen LogP contribution is -2.40. The highest BCUT2D eigenvalue weighted by molar-refractivity contribution is 5.82. The molecule has 1 N–H and O–H groups in total. The Bertz CT molecular complexity index is 678. The van der Waals surface area contributed by atoms with E-state index in [2.05, 4.69) is 0 Å². The number of ether oxygens (including phenoxy) is 1. The lowest BCUT2D eigenvalue weighted by Gasteiger charge is -2.22. The lowest BCUT2D eigenvalue weighted by atomic mass is 9.96. The molecule has 1 fully saturated rings. The van der Waals surface area contributed by atoms with Crippen LogP contribution in [-0.2, 0) is 9.59 Å². The zero-order chi connectivity index (χ0) is 18.9. The first-order valence-corrected chi connectivity index (χ1v) is 7.20. The van der Waals surface area contributed by atoms with E-state index in [1.807, 2.05) is 0 Å². The average Bonchev–Trinajstić information content (AvgIpc) is 2.96. The minimum Gasteiger partial charge on any atom is -0.481 e. The highest BCUT2D eigenvalue weighted by Gasteiger charge is 2.53. The predicted molar refractivity (Wildman–Crippen MR) is 73.7 cm³/mol. The van der Waals surface area contributed by atoms with Gasteiger partial charge in [0.05, 0.1) is 11.8 Å². The Kier molecular flexibility index (Phi) is 5.19. The fraction of sp³-hybridized carbons (Fsp3) is 0.467. The van der Waals surface area contributed by atoms with Crippen molar-refractivity contribution in [3.8, 4) is 5.75 Å². The van der Waals surface area contributed by atoms with E-state index in [-0.39, 0.29) is 5.75 Å². The number of likely N-dealkylation sites (tertiary alicyclic amines) is 1. The van der Waals surface area contributed by atoms with Gasteiger partial charge in [0.25, 0.3) is 5.91 Å². The van der Waals surface area contributed by atoms with Crippen molar-refractivity contribution < 1.29 is 41.4 Å². The van der Waals surface area contributed by atoms with E-state index in [1.165, 1.54) is 6.92 Å². The third kappa shape index (κ3) is 4.18. The first-order chi connectivity index (χ1) is 11.5. The van der Waals surface area contributed by atoms with Gasteiger partial charge in [0.2, 0.25) is 0 Å². The third-order valence-corrected chi connectivity index (χ3v) is 3.92. The standard InChI is InChI=1S/C15H14F5NO4/c1-7(25-8-2-3-11(16)12(17)4-8)13(22)21-5-9(14(23)24)10(6-21)15(18,19)20/h2-4,7,9-10H,5-6H2,1H3,(H,23,24)/t7?,9-,10-/m1/s1. The summed E-state index contributed by atoms with van der Waals surface area (Å²) in [6.07, 6.45) is -6.06. The number of rotatable bonds is 4. The molecule has 1 unspecified atom stereocenters. The van der Waals surface area contributed by atoms with Gasteiger partial charge in [-0.2, -0.15) is 13.2 Å². The summed E-state index contributed by atoms with van der Waals surface area (Å²) in [4.78, 5) is 24.0. The molecule has 1 aromatic rings. The molecule has 138 valence electrons. The Morgan fingerprint density at radius 1 is 1.24 bits per heavy atom. The smallest absolute Gasteiger partial charge is 0.394 e. The monoisotopic (exact) mass is 367 g/mol. The summed E-state index contributed by atoms with van der Waals surface area (Å²) in [6, 6.07) is 2.53. The summed E-state index contributed by atoms with van der Waals surface area (Å²) in [5.41, 5.74) is 0. The fourth-order valence-electron chi connectivity index (χ4n) is 2.63. The highest BCUT2D eigenvalue weighted by atomic mass is 19.4. The van der Waals surface area contributed by atoms with Gasteiger partial charge in [0.15, 0.2) is 17.7 Å². The molecule has 1 amide bonds. The third-order valence-electron chi connectivity index (χ3n) is 3.92. The maximum absolute atomic E-state index is 13.1. The first kappa shape index (κ1) is 18.9. The van der Waals surface area contributed by atoms with E-state index in [0.717, 1.165) is 17.0 Å². The summed E-state index contributed by atoms with van der Waals surface area (Å²) >= 11 is 0. The molecule has 1 aliphatic rings. The molecule has 1 heterocycles. The summed E-state index contributed by atoms with van der Waals surface area (Å²) in [7, 11) is 0. The number of carboxylic acid groups (broad SMARTS) is 1. The van der Waals surface area contributed by atoms with Crippen LogP contribution in [0.5, 0.6) is 5.75 Å². The zero-order valence-corrected chi connectivity index (χ0v) is 12.9. The SMILES string of the molecule is CC(Oc1ccc(F)c(F)c1)C(=O)N1C[C@@H](C(F)(F)F)[C@H](C(=O)O)C1. The van der Waals surface area contributed by atoms with Crippen molar-refractivity contribution >= 4 is 11.9 Å². The highest BCUT2D eigenvalue weighted by Crippen LogP contribution is 2.38. The number of carbonyl (C=O) groups excluding carboxylic acids is 1. The van der Waals surface area contributed by atoms with Gasteiger partial charge in [-0.15, -0.1) is 0 Å². The number of aliphatic carboxylic acids is 1. The van der Waals surface area contributed by atoms with E-state index >= 15 is 0 Å². The molecule has 0 aromatic heterocycles. The van der Waals surface area contributed by atoms with Crippen molar-refractivity contribution in [1.29, 1.82) is 0 Å². The molecular weight excluding hydrogens is 353 g/mol. The van der Waals surface area contributed by atoms with Crippen LogP contribution in [0.25, 0.3) is 0 Å². The molecule has 1 aromatic carbocycles. The maximum atomic E-state index is 13.1. The molecular formula is C15H14F5NO4. The van der Waals surface area contributed by atoms with E-state index in [9.17, 15) is 31.5 Å². The number of halogens is 5. The second kappa shape index (κ2) is 6.85. The van der Waals surface area contributed by atoms with Crippen LogP contribution in [0.2, 0.25) is 0 Å². The number of benzene rings is 1. The van der Waals surface area contributed by atoms with Crippen LogP contribution < -0.4 is 4.74 Å². The number of nitrogens with zero attached hydrogens (tertiary/aromatic N) is 1. The second-order valence-corrected chi connectivity index (χ2v) is 5.67. The number of carbonyl (C=O) groups is 2. The van der Waals surface area contributed by atoms with E-state index in [1.54, 1.807) is 0 Å². The van der Waals surface area contributed by atoms with Gasteiger partial charge in [-0.25, -0.2) is 8.78 Å². The first-order valence-electron chi connectivity index (χ1n) is 7.20. The van der Waals surface area contributed by atoms with E-state index < -0.39 is 60.7 Å². The van der Waals surface area contributed by atoms with Crippen LogP contribution in [0.3, 0.4) is 0 Å². The Morgan fingerprint density at radius 3 is 2.36 bits per heavy atom. The van der Waals surface area contributed by atoms with Crippen LogP contribution >= 0.6 is 0 Å². The van der Waals surface area contributed by atoms with Crippen LogP contribution in [0.4, 0.5) is 22.0 Å². The Hall–Kier alpha value is -2.39. The fourth-order valence-corrected chi connectivity index (χ4v) is 2.63. The molecule has 0 aliphatic carbocycles. The summed E-state index contributed by atoms with van der Waals surface area (Å²) < 4.78 is 69.9. The van der Waals surface area contributed by atoms with Gasteiger partial charge < -0.3 is 14.7 Å². The van der Waals surface area contributed by atoms with Crippen LogP contribution in [-0.4, -0.2) is 47.3 Å². The van der Waals surface area contributed by atoms with Gasteiger partial charge in [-0.1, -0.05) is 0 Å². The Balaban J connectivity index is 2.09. The van der Waals surface area contributed by atoms with Crippen LogP contribution in [0.15, 0.2) is 18.2 Å². The summed E-state index contributed by atoms with van der Waals surface area (Å²) in [5.74, 6) is -8.97. The zero-order valence-electron chi connectivity index (χ0n) is 12.9. The molecule has 5 nitrogen and oxygen atoms in total. The van der Waals surface area contributed by atoms with Gasteiger partial charge >= 0.3 is 12.1 Å². The average molecular weight is 367 g/mol. The van der Waals surface area contributed by atoms with Crippen molar-refractivity contribution in [3.63, 3.8) is 0 Å². The lowest BCUT2D eigenvalue weighted by molar-refractivity contribution is -0.188. The van der Waals surface area contributed by atoms with Crippen LogP contribution in [0.1, 0.15) is 6.92 Å². The van der Waals surface area contributed by atoms with Gasteiger partial charge in [-0.05, 0) is 19.1 Å². The molecule has 25 heavy (non-hydrogen) atoms. The molecule has 1 aliphatic heterocycles. The second-order valence-electron chi connectivity index (χ2n) is 5.67. The number of amides is 1. The summed E-state index contributed by atoms with van der Waals surface area (Å²) in [5, 5.41) is 8.93. The number of carboxylic acids is 1. The Labute approximate surface area is 139 Å². The topological polar surface area (TPSA) is 66.8 Å². The molecule has 3 atom stereocenters. The molecule has 10 heteroatoms. The molecule has 1 saturated heterocycles. The molecule has 2 rings (SSSR count). The summed E-state index contributed by atoms with van der Waals surface area (Å²) in [6.45, 7) is -0.186. The molecule has 0 spiro atoms. The normalized spacial score (nSPS) is 21.9.